The summed E-state index contributed by atoms with van der Waals surface area (Å²) < 4.78 is 10.3. The van der Waals surface area contributed by atoms with Crippen LogP contribution in [0, 0.1) is 0 Å². The zero-order valence-electron chi connectivity index (χ0n) is 14.1. The number of aromatic carboxylic acids is 1. The summed E-state index contributed by atoms with van der Waals surface area (Å²) in [5.74, 6) is -0.830. The summed E-state index contributed by atoms with van der Waals surface area (Å²) in [4.78, 5) is 22.6. The third-order valence-electron chi connectivity index (χ3n) is 3.69. The molecule has 0 bridgehead atoms. The van der Waals surface area contributed by atoms with Crippen molar-refractivity contribution >= 4 is 33.5 Å². The van der Waals surface area contributed by atoms with Crippen LogP contribution in [0.25, 0.3) is 0 Å². The molecule has 138 valence electrons. The minimum absolute atomic E-state index is 0.0406. The lowest BCUT2D eigenvalue weighted by molar-refractivity contribution is -0.117. The van der Waals surface area contributed by atoms with Gasteiger partial charge in [-0.15, -0.1) is 0 Å². The Hall–Kier alpha value is -2.58. The number of ether oxygens (including phenoxy) is 2. The lowest BCUT2D eigenvalue weighted by atomic mass is 10.0. The molecule has 3 N–H and O–H groups in total. The predicted molar refractivity (Wildman–Crippen MR) is 99.3 cm³/mol. The molecule has 7 nitrogen and oxygen atoms in total. The molecule has 1 amide bonds. The van der Waals surface area contributed by atoms with Crippen molar-refractivity contribution in [2.75, 3.05) is 19.5 Å². The Balaban J connectivity index is 2.19. The molecule has 0 aliphatic heterocycles. The second-order valence-electron chi connectivity index (χ2n) is 5.30. The molecule has 0 radical (unpaired) electrons. The highest BCUT2D eigenvalue weighted by Gasteiger charge is 2.27. The summed E-state index contributed by atoms with van der Waals surface area (Å²) in [6.07, 6.45) is -1.19. The first-order valence-electron chi connectivity index (χ1n) is 7.56. The fourth-order valence-electron chi connectivity index (χ4n) is 2.33. The zero-order chi connectivity index (χ0) is 19.3. The molecule has 0 saturated heterocycles. The van der Waals surface area contributed by atoms with Crippen molar-refractivity contribution in [3.8, 4) is 11.5 Å². The Morgan fingerprint density at radius 2 is 1.73 bits per heavy atom. The maximum absolute atomic E-state index is 12.4. The largest absolute Gasteiger partial charge is 0.493 e. The molecule has 2 unspecified atom stereocenters. The van der Waals surface area contributed by atoms with Crippen molar-refractivity contribution in [2.45, 2.75) is 10.9 Å². The molecule has 0 heterocycles. The van der Waals surface area contributed by atoms with Crippen LogP contribution in [-0.4, -0.2) is 41.1 Å². The van der Waals surface area contributed by atoms with Gasteiger partial charge in [0, 0.05) is 0 Å². The van der Waals surface area contributed by atoms with E-state index in [1.165, 1.54) is 26.4 Å². The van der Waals surface area contributed by atoms with E-state index in [1.807, 2.05) is 0 Å². The minimum atomic E-state index is -1.19. The van der Waals surface area contributed by atoms with Crippen molar-refractivity contribution in [3.63, 3.8) is 0 Å². The van der Waals surface area contributed by atoms with Crippen molar-refractivity contribution in [2.24, 2.45) is 0 Å². The van der Waals surface area contributed by atoms with Crippen molar-refractivity contribution in [1.82, 2.24) is 0 Å². The maximum Gasteiger partial charge on any atom is 0.337 e. The Labute approximate surface area is 158 Å². The predicted octanol–water partition coefficient (Wildman–Crippen LogP) is 2.84. The van der Waals surface area contributed by atoms with Crippen molar-refractivity contribution in [3.05, 3.63) is 53.6 Å². The van der Waals surface area contributed by atoms with E-state index >= 15 is 0 Å². The highest BCUT2D eigenvalue weighted by atomic mass is 79.9. The Bertz CT molecular complexity index is 810. The average Bonchev–Trinajstić information content (AvgIpc) is 2.66. The highest BCUT2D eigenvalue weighted by Crippen LogP contribution is 2.32. The van der Waals surface area contributed by atoms with Gasteiger partial charge in [-0.3, -0.25) is 4.79 Å². The van der Waals surface area contributed by atoms with Gasteiger partial charge in [-0.2, -0.15) is 0 Å². The number of hydrogen-bond donors (Lipinski definition) is 3. The average molecular weight is 424 g/mol. The van der Waals surface area contributed by atoms with E-state index in [-0.39, 0.29) is 11.3 Å². The van der Waals surface area contributed by atoms with Crippen LogP contribution in [0.2, 0.25) is 0 Å². The van der Waals surface area contributed by atoms with Gasteiger partial charge in [0.05, 0.1) is 25.5 Å². The quantitative estimate of drug-likeness (QED) is 0.591. The highest BCUT2D eigenvalue weighted by molar-refractivity contribution is 9.10. The van der Waals surface area contributed by atoms with Gasteiger partial charge in [-0.25, -0.2) is 4.79 Å². The number of methoxy groups -OCH3 is 2. The van der Waals surface area contributed by atoms with E-state index in [0.29, 0.717) is 17.1 Å². The normalized spacial score (nSPS) is 12.8. The van der Waals surface area contributed by atoms with E-state index in [1.54, 1.807) is 30.3 Å². The molecule has 26 heavy (non-hydrogen) atoms. The molecule has 0 aromatic heterocycles. The van der Waals surface area contributed by atoms with E-state index in [0.717, 1.165) is 0 Å². The number of carbonyl (C=O) groups excluding carboxylic acids is 1. The fourth-order valence-corrected chi connectivity index (χ4v) is 2.75. The van der Waals surface area contributed by atoms with E-state index in [2.05, 4.69) is 21.2 Å². The number of carboxylic acid groups (broad SMARTS) is 1. The molecule has 0 aliphatic rings. The van der Waals surface area contributed by atoms with Crippen LogP contribution in [-0.2, 0) is 4.79 Å². The lowest BCUT2D eigenvalue weighted by Gasteiger charge is -2.19. The van der Waals surface area contributed by atoms with Crippen LogP contribution < -0.4 is 14.8 Å². The molecule has 0 saturated carbocycles. The standard InChI is InChI=1S/C18H18BrNO6/c1-25-13-8-7-10(9-14(13)26-2)16(21)15(19)17(22)20-12-6-4-3-5-11(12)18(23)24/h3-9,15-16,21H,1-2H3,(H,20,22)(H,23,24). The molecule has 2 aromatic carbocycles. The first-order chi connectivity index (χ1) is 12.4. The van der Waals surface area contributed by atoms with E-state index in [4.69, 9.17) is 9.47 Å². The monoisotopic (exact) mass is 423 g/mol. The van der Waals surface area contributed by atoms with Gasteiger partial charge in [0.15, 0.2) is 11.5 Å². The second-order valence-corrected chi connectivity index (χ2v) is 6.29. The van der Waals surface area contributed by atoms with Crippen molar-refractivity contribution < 1.29 is 29.3 Å². The van der Waals surface area contributed by atoms with Gasteiger partial charge in [0.1, 0.15) is 10.9 Å². The molecular weight excluding hydrogens is 406 g/mol. The van der Waals surface area contributed by atoms with Crippen molar-refractivity contribution in [1.29, 1.82) is 0 Å². The molecule has 0 spiro atoms. The number of aliphatic hydroxyl groups excluding tert-OH is 1. The Kier molecular flexibility index (Phi) is 6.59. The number of nitrogens with one attached hydrogen (secondary N) is 1. The number of amides is 1. The summed E-state index contributed by atoms with van der Waals surface area (Å²) in [5.41, 5.74) is 0.543. The molecule has 0 fully saturated rings. The number of para-hydroxylation sites is 1. The lowest BCUT2D eigenvalue weighted by Crippen LogP contribution is -2.29. The van der Waals surface area contributed by atoms with Crippen LogP contribution >= 0.6 is 15.9 Å². The van der Waals surface area contributed by atoms with E-state index in [9.17, 15) is 19.8 Å². The number of carbonyl (C=O) groups is 2. The maximum atomic E-state index is 12.4. The van der Waals surface area contributed by atoms with Gasteiger partial charge in [0.25, 0.3) is 0 Å². The summed E-state index contributed by atoms with van der Waals surface area (Å²) in [6.45, 7) is 0. The summed E-state index contributed by atoms with van der Waals surface area (Å²) in [6, 6.07) is 10.8. The number of halogens is 1. The molecule has 2 rings (SSSR count). The minimum Gasteiger partial charge on any atom is -0.493 e. The van der Waals surface area contributed by atoms with Crippen LogP contribution in [0.5, 0.6) is 11.5 Å². The fraction of sp³-hybridized carbons (Fsp3) is 0.222. The molecular formula is C18H18BrNO6. The van der Waals surface area contributed by atoms with Gasteiger partial charge >= 0.3 is 5.97 Å². The third kappa shape index (κ3) is 4.33. The van der Waals surface area contributed by atoms with Crippen LogP contribution in [0.1, 0.15) is 22.0 Å². The first-order valence-corrected chi connectivity index (χ1v) is 8.47. The molecule has 0 aliphatic carbocycles. The molecule has 2 aromatic rings. The Morgan fingerprint density at radius 1 is 1.08 bits per heavy atom. The Morgan fingerprint density at radius 3 is 2.35 bits per heavy atom. The summed E-state index contributed by atoms with van der Waals surface area (Å²) >= 11 is 3.17. The smallest absolute Gasteiger partial charge is 0.337 e. The van der Waals surface area contributed by atoms with E-state index < -0.39 is 22.8 Å². The first kappa shape index (κ1) is 19.7. The van der Waals surface area contributed by atoms with Gasteiger partial charge in [-0.1, -0.05) is 34.1 Å². The van der Waals surface area contributed by atoms with Gasteiger partial charge in [0.2, 0.25) is 5.91 Å². The topological polar surface area (TPSA) is 105 Å². The number of benzene rings is 2. The molecule has 8 heteroatoms. The van der Waals surface area contributed by atoms with Crippen LogP contribution in [0.15, 0.2) is 42.5 Å². The molecule has 2 atom stereocenters. The number of anilines is 1. The number of hydrogen-bond acceptors (Lipinski definition) is 5. The SMILES string of the molecule is COc1ccc(C(O)C(Br)C(=O)Nc2ccccc2C(=O)O)cc1OC. The third-order valence-corrected chi connectivity index (χ3v) is 4.61. The number of alkyl halides is 1. The summed E-state index contributed by atoms with van der Waals surface area (Å²) in [5, 5.41) is 22.2. The second kappa shape index (κ2) is 8.68. The van der Waals surface area contributed by atoms with Gasteiger partial charge in [-0.05, 0) is 29.8 Å². The number of aliphatic hydroxyl groups is 1. The van der Waals surface area contributed by atoms with Crippen LogP contribution in [0.3, 0.4) is 0 Å². The van der Waals surface area contributed by atoms with Gasteiger partial charge < -0.3 is 25.0 Å². The number of carboxylic acids is 1. The zero-order valence-corrected chi connectivity index (χ0v) is 15.7. The van der Waals surface area contributed by atoms with Crippen LogP contribution in [0.4, 0.5) is 5.69 Å². The number of rotatable bonds is 7. The summed E-state index contributed by atoms with van der Waals surface area (Å²) in [7, 11) is 2.96.